The first-order chi connectivity index (χ1) is 13.1. The van der Waals surface area contributed by atoms with Crippen LogP contribution in [-0.2, 0) is 19.6 Å². The fraction of sp³-hybridized carbons (Fsp3) is 0.591. The zero-order valence-corrected chi connectivity index (χ0v) is 17.1. The lowest BCUT2D eigenvalue weighted by Crippen LogP contribution is -2.52. The molecule has 1 fully saturated rings. The predicted octanol–water partition coefficient (Wildman–Crippen LogP) is 2.98. The van der Waals surface area contributed by atoms with Gasteiger partial charge in [-0.15, -0.1) is 0 Å². The van der Waals surface area contributed by atoms with E-state index in [4.69, 9.17) is 0 Å². The summed E-state index contributed by atoms with van der Waals surface area (Å²) in [5.41, 5.74) is 5.22. The molecule has 0 saturated carbocycles. The maximum atomic E-state index is 9.58. The van der Waals surface area contributed by atoms with E-state index >= 15 is 0 Å². The summed E-state index contributed by atoms with van der Waals surface area (Å²) >= 11 is 0. The molecule has 1 aliphatic heterocycles. The number of rotatable bonds is 8. The van der Waals surface area contributed by atoms with Crippen molar-refractivity contribution in [2.24, 2.45) is 0 Å². The van der Waals surface area contributed by atoms with Crippen LogP contribution in [0.15, 0.2) is 30.5 Å². The Hall–Kier alpha value is -1.69. The summed E-state index contributed by atoms with van der Waals surface area (Å²) in [6.45, 7) is 12.7. The number of aliphatic hydroxyl groups is 1. The van der Waals surface area contributed by atoms with E-state index in [0.717, 1.165) is 57.8 Å². The zero-order valence-electron chi connectivity index (χ0n) is 17.1. The number of aromatic nitrogens is 2. The smallest absolute Gasteiger partial charge is 0.0638 e. The van der Waals surface area contributed by atoms with Gasteiger partial charge in [-0.25, -0.2) is 0 Å². The summed E-state index contributed by atoms with van der Waals surface area (Å²) in [4.78, 5) is 5.07. The molecule has 0 spiro atoms. The molecule has 5 heteroatoms. The lowest BCUT2D eigenvalue weighted by atomic mass is 10.0. The summed E-state index contributed by atoms with van der Waals surface area (Å²) in [6.07, 6.45) is 4.15. The molecule has 148 valence electrons. The maximum Gasteiger partial charge on any atom is 0.0638 e. The molecule has 1 atom stereocenters. The minimum atomic E-state index is 0.246. The average Bonchev–Trinajstić information content (AvgIpc) is 2.99. The first-order valence-electron chi connectivity index (χ1n) is 10.3. The second-order valence-corrected chi connectivity index (χ2v) is 7.80. The molecule has 3 rings (SSSR count). The van der Waals surface area contributed by atoms with Gasteiger partial charge in [0.1, 0.15) is 0 Å². The maximum absolute atomic E-state index is 9.58. The van der Waals surface area contributed by atoms with E-state index in [1.54, 1.807) is 0 Å². The highest BCUT2D eigenvalue weighted by Crippen LogP contribution is 2.20. The fourth-order valence-electron chi connectivity index (χ4n) is 4.04. The van der Waals surface area contributed by atoms with Crippen LogP contribution in [0, 0.1) is 13.8 Å². The van der Waals surface area contributed by atoms with Gasteiger partial charge in [-0.1, -0.05) is 31.2 Å². The highest BCUT2D eigenvalue weighted by molar-refractivity contribution is 5.25. The molecule has 1 aromatic carbocycles. The Kier molecular flexibility index (Phi) is 7.05. The van der Waals surface area contributed by atoms with Crippen molar-refractivity contribution < 1.29 is 5.11 Å². The Morgan fingerprint density at radius 1 is 1.11 bits per heavy atom. The molecule has 0 amide bonds. The largest absolute Gasteiger partial charge is 0.396 e. The van der Waals surface area contributed by atoms with Gasteiger partial charge >= 0.3 is 0 Å². The van der Waals surface area contributed by atoms with Crippen LogP contribution in [0.3, 0.4) is 0 Å². The molecule has 0 unspecified atom stereocenters. The molecule has 1 aliphatic rings. The number of benzene rings is 1. The molecule has 0 radical (unpaired) electrons. The van der Waals surface area contributed by atoms with Crippen LogP contribution in [0.1, 0.15) is 42.1 Å². The van der Waals surface area contributed by atoms with Gasteiger partial charge in [0, 0.05) is 63.7 Å². The molecule has 2 heterocycles. The van der Waals surface area contributed by atoms with Crippen LogP contribution < -0.4 is 0 Å². The molecule has 5 nitrogen and oxygen atoms in total. The van der Waals surface area contributed by atoms with Crippen LogP contribution in [0.5, 0.6) is 0 Å². The Labute approximate surface area is 163 Å². The number of hydrogen-bond acceptors (Lipinski definition) is 4. The number of nitrogens with zero attached hydrogens (tertiary/aromatic N) is 4. The summed E-state index contributed by atoms with van der Waals surface area (Å²) in [6, 6.07) is 9.03. The summed E-state index contributed by atoms with van der Waals surface area (Å²) in [5, 5.41) is 14.2. The number of hydrogen-bond donors (Lipinski definition) is 1. The molecular formula is C22H34N4O. The van der Waals surface area contributed by atoms with E-state index < -0.39 is 0 Å². The standard InChI is InChI=1S/C22H34N4O/c1-4-10-26-16-21(19(3)23-26)14-24-11-12-25(22(17-24)9-13-27)15-20-8-6-5-7-18(20)2/h5-8,16,22,27H,4,9-15,17H2,1-3H3/t22-/m1/s1. The van der Waals surface area contributed by atoms with Crippen molar-refractivity contribution in [3.63, 3.8) is 0 Å². The normalized spacial score (nSPS) is 18.9. The third-order valence-electron chi connectivity index (χ3n) is 5.68. The average molecular weight is 371 g/mol. The molecule has 2 aromatic rings. The van der Waals surface area contributed by atoms with Crippen LogP contribution >= 0.6 is 0 Å². The third kappa shape index (κ3) is 5.18. The van der Waals surface area contributed by atoms with E-state index in [9.17, 15) is 5.11 Å². The van der Waals surface area contributed by atoms with Crippen molar-refractivity contribution in [2.45, 2.75) is 59.3 Å². The van der Waals surface area contributed by atoms with Crippen LogP contribution in [0.4, 0.5) is 0 Å². The third-order valence-corrected chi connectivity index (χ3v) is 5.68. The number of aryl methyl sites for hydroxylation is 3. The molecule has 1 saturated heterocycles. The second-order valence-electron chi connectivity index (χ2n) is 7.80. The van der Waals surface area contributed by atoms with E-state index in [0.29, 0.717) is 6.04 Å². The SMILES string of the molecule is CCCn1cc(CN2CCN(Cc3ccccc3C)[C@H](CCO)C2)c(C)n1. The molecular weight excluding hydrogens is 336 g/mol. The molecule has 0 bridgehead atoms. The lowest BCUT2D eigenvalue weighted by Gasteiger charge is -2.41. The first-order valence-corrected chi connectivity index (χ1v) is 10.3. The summed E-state index contributed by atoms with van der Waals surface area (Å²) < 4.78 is 2.07. The van der Waals surface area contributed by atoms with Crippen molar-refractivity contribution >= 4 is 0 Å². The molecule has 1 aromatic heterocycles. The minimum Gasteiger partial charge on any atom is -0.396 e. The van der Waals surface area contributed by atoms with Gasteiger partial charge in [0.15, 0.2) is 0 Å². The van der Waals surface area contributed by atoms with Gasteiger partial charge in [-0.3, -0.25) is 14.5 Å². The predicted molar refractivity (Wildman–Crippen MR) is 110 cm³/mol. The second kappa shape index (κ2) is 9.49. The zero-order chi connectivity index (χ0) is 19.2. The Bertz CT molecular complexity index is 727. The van der Waals surface area contributed by atoms with E-state index in [-0.39, 0.29) is 6.61 Å². The van der Waals surface area contributed by atoms with Gasteiger partial charge in [-0.2, -0.15) is 5.10 Å². The van der Waals surface area contributed by atoms with Crippen LogP contribution in [-0.4, -0.2) is 57.0 Å². The molecule has 1 N–H and O–H groups in total. The van der Waals surface area contributed by atoms with Crippen molar-refractivity contribution in [3.8, 4) is 0 Å². The molecule has 27 heavy (non-hydrogen) atoms. The van der Waals surface area contributed by atoms with Gasteiger partial charge in [0.25, 0.3) is 0 Å². The van der Waals surface area contributed by atoms with Crippen molar-refractivity contribution in [3.05, 3.63) is 52.8 Å². The van der Waals surface area contributed by atoms with Crippen molar-refractivity contribution in [1.29, 1.82) is 0 Å². The lowest BCUT2D eigenvalue weighted by molar-refractivity contribution is 0.0498. The van der Waals surface area contributed by atoms with E-state index in [2.05, 4.69) is 70.8 Å². The topological polar surface area (TPSA) is 44.5 Å². The van der Waals surface area contributed by atoms with Crippen LogP contribution in [0.25, 0.3) is 0 Å². The summed E-state index contributed by atoms with van der Waals surface area (Å²) in [7, 11) is 0. The molecule has 0 aliphatic carbocycles. The first kappa shape index (κ1) is 20.1. The van der Waals surface area contributed by atoms with Gasteiger partial charge in [-0.05, 0) is 37.8 Å². The van der Waals surface area contributed by atoms with Crippen LogP contribution in [0.2, 0.25) is 0 Å². The van der Waals surface area contributed by atoms with Gasteiger partial charge in [0.2, 0.25) is 0 Å². The van der Waals surface area contributed by atoms with Crippen molar-refractivity contribution in [1.82, 2.24) is 19.6 Å². The minimum absolute atomic E-state index is 0.246. The highest BCUT2D eigenvalue weighted by Gasteiger charge is 2.27. The Balaban J connectivity index is 1.64. The Morgan fingerprint density at radius 3 is 2.67 bits per heavy atom. The Morgan fingerprint density at radius 2 is 1.93 bits per heavy atom. The number of aliphatic hydroxyl groups excluding tert-OH is 1. The quantitative estimate of drug-likeness (QED) is 0.776. The van der Waals surface area contributed by atoms with Gasteiger partial charge < -0.3 is 5.11 Å². The van der Waals surface area contributed by atoms with Gasteiger partial charge in [0.05, 0.1) is 5.69 Å². The van der Waals surface area contributed by atoms with E-state index in [1.165, 1.54) is 16.7 Å². The highest BCUT2D eigenvalue weighted by atomic mass is 16.3. The fourth-order valence-corrected chi connectivity index (χ4v) is 4.04. The van der Waals surface area contributed by atoms with E-state index in [1.807, 2.05) is 0 Å². The van der Waals surface area contributed by atoms with Crippen molar-refractivity contribution in [2.75, 3.05) is 26.2 Å². The summed E-state index contributed by atoms with van der Waals surface area (Å²) in [5.74, 6) is 0. The number of piperazine rings is 1. The monoisotopic (exact) mass is 370 g/mol.